The zero-order valence-electron chi connectivity index (χ0n) is 12.7. The van der Waals surface area contributed by atoms with Crippen molar-refractivity contribution in [2.75, 3.05) is 5.32 Å². The monoisotopic (exact) mass is 348 g/mol. The Hall–Kier alpha value is -1.85. The minimum absolute atomic E-state index is 0.268. The van der Waals surface area contributed by atoms with E-state index < -0.39 is 5.91 Å². The molecular formula is C17H17ClN2O2S. The lowest BCUT2D eigenvalue weighted by atomic mass is 9.87. The van der Waals surface area contributed by atoms with Crippen LogP contribution in [0.1, 0.15) is 44.5 Å². The van der Waals surface area contributed by atoms with E-state index in [1.165, 1.54) is 11.3 Å². The molecule has 0 bridgehead atoms. The van der Waals surface area contributed by atoms with Crippen LogP contribution in [0.2, 0.25) is 5.02 Å². The third-order valence-electron chi connectivity index (χ3n) is 4.09. The lowest BCUT2D eigenvalue weighted by Crippen LogP contribution is -2.19. The Morgan fingerprint density at radius 3 is 2.65 bits per heavy atom. The first-order valence-corrected chi connectivity index (χ1v) is 8.66. The zero-order valence-corrected chi connectivity index (χ0v) is 14.3. The number of halogens is 1. The number of hydrogen-bond donors (Lipinski definition) is 2. The normalized spacial score (nSPS) is 16.7. The topological polar surface area (TPSA) is 72.2 Å². The van der Waals surface area contributed by atoms with Crippen LogP contribution in [-0.4, -0.2) is 11.8 Å². The Balaban J connectivity index is 1.92. The molecule has 2 amide bonds. The number of aryl methyl sites for hydroxylation is 1. The van der Waals surface area contributed by atoms with Gasteiger partial charge in [0.2, 0.25) is 0 Å². The van der Waals surface area contributed by atoms with Gasteiger partial charge in [-0.15, -0.1) is 11.3 Å². The average Bonchev–Trinajstić information content (AvgIpc) is 2.84. The van der Waals surface area contributed by atoms with E-state index in [1.807, 2.05) is 0 Å². The molecule has 3 N–H and O–H groups in total. The molecule has 3 rings (SSSR count). The van der Waals surface area contributed by atoms with Gasteiger partial charge in [0.25, 0.3) is 11.8 Å². The molecule has 0 spiro atoms. The molecule has 0 aliphatic heterocycles. The van der Waals surface area contributed by atoms with E-state index in [4.69, 9.17) is 17.3 Å². The first kappa shape index (κ1) is 16.0. The standard InChI is InChI=1S/C17H17ClN2O2S/c1-9-2-7-13-12(8-9)14(15(19)21)17(23-13)20-16(22)10-3-5-11(18)6-4-10/h3-6,9H,2,7-8H2,1H3,(H2,19,21)(H,20,22)/t9-/m1/s1. The highest BCUT2D eigenvalue weighted by atomic mass is 35.5. The number of rotatable bonds is 3. The van der Waals surface area contributed by atoms with Crippen molar-refractivity contribution in [2.24, 2.45) is 11.7 Å². The molecule has 6 heteroatoms. The van der Waals surface area contributed by atoms with Gasteiger partial charge in [-0.25, -0.2) is 0 Å². The van der Waals surface area contributed by atoms with Gasteiger partial charge in [0.1, 0.15) is 5.00 Å². The van der Waals surface area contributed by atoms with Crippen LogP contribution in [0.4, 0.5) is 5.00 Å². The van der Waals surface area contributed by atoms with Gasteiger partial charge in [0, 0.05) is 15.5 Å². The number of amides is 2. The summed E-state index contributed by atoms with van der Waals surface area (Å²) in [6.07, 6.45) is 2.86. The Morgan fingerprint density at radius 2 is 2.00 bits per heavy atom. The lowest BCUT2D eigenvalue weighted by molar-refractivity contribution is 0.1000. The minimum Gasteiger partial charge on any atom is -0.365 e. The van der Waals surface area contributed by atoms with Gasteiger partial charge in [0.05, 0.1) is 5.56 Å². The largest absolute Gasteiger partial charge is 0.365 e. The third-order valence-corrected chi connectivity index (χ3v) is 5.55. The molecule has 1 aromatic heterocycles. The third kappa shape index (κ3) is 3.26. The molecule has 120 valence electrons. The van der Waals surface area contributed by atoms with Gasteiger partial charge in [-0.3, -0.25) is 9.59 Å². The van der Waals surface area contributed by atoms with E-state index in [9.17, 15) is 9.59 Å². The summed E-state index contributed by atoms with van der Waals surface area (Å²) >= 11 is 7.29. The summed E-state index contributed by atoms with van der Waals surface area (Å²) in [5, 5.41) is 3.96. The van der Waals surface area contributed by atoms with E-state index in [2.05, 4.69) is 12.2 Å². The molecule has 1 aromatic carbocycles. The Morgan fingerprint density at radius 1 is 1.30 bits per heavy atom. The van der Waals surface area contributed by atoms with Crippen LogP contribution in [0.15, 0.2) is 24.3 Å². The van der Waals surface area contributed by atoms with Crippen LogP contribution in [0.3, 0.4) is 0 Å². The fourth-order valence-corrected chi connectivity index (χ4v) is 4.25. The number of primary amides is 1. The second-order valence-electron chi connectivity index (χ2n) is 5.88. The predicted molar refractivity (Wildman–Crippen MR) is 93.4 cm³/mol. The van der Waals surface area contributed by atoms with Crippen molar-refractivity contribution in [3.63, 3.8) is 0 Å². The molecule has 0 radical (unpaired) electrons. The molecule has 0 fully saturated rings. The lowest BCUT2D eigenvalue weighted by Gasteiger charge is -2.18. The van der Waals surface area contributed by atoms with Crippen LogP contribution >= 0.6 is 22.9 Å². The highest BCUT2D eigenvalue weighted by molar-refractivity contribution is 7.17. The zero-order chi connectivity index (χ0) is 16.6. The number of fused-ring (bicyclic) bond motifs is 1. The van der Waals surface area contributed by atoms with Crippen molar-refractivity contribution < 1.29 is 9.59 Å². The number of nitrogens with one attached hydrogen (secondary N) is 1. The van der Waals surface area contributed by atoms with Crippen LogP contribution in [0, 0.1) is 5.92 Å². The summed E-state index contributed by atoms with van der Waals surface area (Å²) in [7, 11) is 0. The number of anilines is 1. The molecule has 23 heavy (non-hydrogen) atoms. The van der Waals surface area contributed by atoms with Gasteiger partial charge in [-0.05, 0) is 55.0 Å². The van der Waals surface area contributed by atoms with Gasteiger partial charge in [-0.1, -0.05) is 18.5 Å². The smallest absolute Gasteiger partial charge is 0.256 e. The summed E-state index contributed by atoms with van der Waals surface area (Å²) in [5.41, 5.74) is 7.53. The van der Waals surface area contributed by atoms with Gasteiger partial charge < -0.3 is 11.1 Å². The van der Waals surface area contributed by atoms with Gasteiger partial charge >= 0.3 is 0 Å². The molecule has 1 heterocycles. The molecule has 1 aliphatic rings. The quantitative estimate of drug-likeness (QED) is 0.883. The molecule has 0 saturated carbocycles. The molecule has 2 aromatic rings. The maximum absolute atomic E-state index is 12.4. The van der Waals surface area contributed by atoms with E-state index >= 15 is 0 Å². The molecule has 1 aliphatic carbocycles. The summed E-state index contributed by atoms with van der Waals surface area (Å²) < 4.78 is 0. The molecule has 0 unspecified atom stereocenters. The van der Waals surface area contributed by atoms with Crippen molar-refractivity contribution in [3.05, 3.63) is 50.9 Å². The molecule has 0 saturated heterocycles. The second kappa shape index (κ2) is 6.34. The SMILES string of the molecule is C[C@@H]1CCc2sc(NC(=O)c3ccc(Cl)cc3)c(C(N)=O)c2C1. The molecule has 4 nitrogen and oxygen atoms in total. The highest BCUT2D eigenvalue weighted by Gasteiger charge is 2.27. The average molecular weight is 349 g/mol. The predicted octanol–water partition coefficient (Wildman–Crippen LogP) is 3.88. The molecule has 1 atom stereocenters. The summed E-state index contributed by atoms with van der Waals surface area (Å²) in [6, 6.07) is 6.62. The number of nitrogens with two attached hydrogens (primary N) is 1. The van der Waals surface area contributed by atoms with E-state index in [0.717, 1.165) is 29.7 Å². The Kier molecular flexibility index (Phi) is 4.41. The number of thiophene rings is 1. The maximum Gasteiger partial charge on any atom is 0.256 e. The minimum atomic E-state index is -0.483. The number of benzene rings is 1. The fraction of sp³-hybridized carbons (Fsp3) is 0.294. The summed E-state index contributed by atoms with van der Waals surface area (Å²) in [5.74, 6) is -0.228. The second-order valence-corrected chi connectivity index (χ2v) is 7.42. The van der Waals surface area contributed by atoms with E-state index in [1.54, 1.807) is 24.3 Å². The first-order valence-electron chi connectivity index (χ1n) is 7.47. The first-order chi connectivity index (χ1) is 11.0. The van der Waals surface area contributed by atoms with Crippen molar-refractivity contribution in [1.29, 1.82) is 0 Å². The van der Waals surface area contributed by atoms with Crippen LogP contribution in [-0.2, 0) is 12.8 Å². The van der Waals surface area contributed by atoms with Gasteiger partial charge in [-0.2, -0.15) is 0 Å². The number of carbonyl (C=O) groups excluding carboxylic acids is 2. The fourth-order valence-electron chi connectivity index (χ4n) is 2.88. The summed E-state index contributed by atoms with van der Waals surface area (Å²) in [4.78, 5) is 25.4. The van der Waals surface area contributed by atoms with Crippen molar-refractivity contribution in [3.8, 4) is 0 Å². The van der Waals surface area contributed by atoms with E-state index in [-0.39, 0.29) is 5.91 Å². The van der Waals surface area contributed by atoms with E-state index in [0.29, 0.717) is 27.1 Å². The highest BCUT2D eigenvalue weighted by Crippen LogP contribution is 2.39. The van der Waals surface area contributed by atoms with Crippen LogP contribution in [0.25, 0.3) is 0 Å². The van der Waals surface area contributed by atoms with Crippen LogP contribution in [0.5, 0.6) is 0 Å². The van der Waals surface area contributed by atoms with Crippen LogP contribution < -0.4 is 11.1 Å². The molecular weight excluding hydrogens is 332 g/mol. The summed E-state index contributed by atoms with van der Waals surface area (Å²) in [6.45, 7) is 2.16. The number of hydrogen-bond acceptors (Lipinski definition) is 3. The van der Waals surface area contributed by atoms with Crippen molar-refractivity contribution in [2.45, 2.75) is 26.2 Å². The Labute approximate surface area is 143 Å². The van der Waals surface area contributed by atoms with Crippen molar-refractivity contribution in [1.82, 2.24) is 0 Å². The number of carbonyl (C=O) groups is 2. The van der Waals surface area contributed by atoms with Gasteiger partial charge in [0.15, 0.2) is 0 Å². The van der Waals surface area contributed by atoms with Crippen molar-refractivity contribution >= 4 is 39.8 Å². The maximum atomic E-state index is 12.4. The Bertz CT molecular complexity index is 768.